The van der Waals surface area contributed by atoms with Crippen LogP contribution >= 0.6 is 7.60 Å². The van der Waals surface area contributed by atoms with Crippen LogP contribution in [-0.4, -0.2) is 21.5 Å². The SMILES string of the molecule is CC=CC(=O)NC(C(C)C)P(=O)(O)O. The first-order valence-corrected chi connectivity index (χ1v) is 5.95. The van der Waals surface area contributed by atoms with E-state index < -0.39 is 19.3 Å². The highest BCUT2D eigenvalue weighted by Gasteiger charge is 2.32. The summed E-state index contributed by atoms with van der Waals surface area (Å²) in [6.45, 7) is 4.93. The van der Waals surface area contributed by atoms with E-state index in [1.165, 1.54) is 12.2 Å². The lowest BCUT2D eigenvalue weighted by Crippen LogP contribution is -2.37. The van der Waals surface area contributed by atoms with Crippen LogP contribution in [0.25, 0.3) is 0 Å². The van der Waals surface area contributed by atoms with Gasteiger partial charge in [-0.1, -0.05) is 19.9 Å². The number of hydrogen-bond donors (Lipinski definition) is 3. The number of rotatable bonds is 4. The van der Waals surface area contributed by atoms with Gasteiger partial charge in [-0.3, -0.25) is 9.36 Å². The molecule has 3 N–H and O–H groups in total. The van der Waals surface area contributed by atoms with Crippen molar-refractivity contribution in [2.75, 3.05) is 0 Å². The fourth-order valence-electron chi connectivity index (χ4n) is 0.984. The standard InChI is InChI=1S/C8H16NO4P/c1-4-5-7(10)9-8(6(2)3)14(11,12)13/h4-6,8H,1-3H3,(H,9,10)(H2,11,12,13). The Labute approximate surface area is 83.4 Å². The van der Waals surface area contributed by atoms with E-state index in [0.29, 0.717) is 0 Å². The molecule has 1 atom stereocenters. The van der Waals surface area contributed by atoms with Gasteiger partial charge in [0.25, 0.3) is 0 Å². The molecule has 1 unspecified atom stereocenters. The lowest BCUT2D eigenvalue weighted by Gasteiger charge is -2.22. The molecule has 0 fully saturated rings. The van der Waals surface area contributed by atoms with Crippen LogP contribution in [0.3, 0.4) is 0 Å². The Morgan fingerprint density at radius 1 is 1.43 bits per heavy atom. The second kappa shape index (κ2) is 5.29. The van der Waals surface area contributed by atoms with Gasteiger partial charge in [0, 0.05) is 0 Å². The topological polar surface area (TPSA) is 86.6 Å². The molecule has 0 saturated heterocycles. The van der Waals surface area contributed by atoms with E-state index in [4.69, 9.17) is 9.79 Å². The van der Waals surface area contributed by atoms with Gasteiger partial charge in [0.1, 0.15) is 5.78 Å². The smallest absolute Gasteiger partial charge is 0.338 e. The molecule has 0 aromatic carbocycles. The second-order valence-corrected chi connectivity index (χ2v) is 5.02. The molecule has 0 aliphatic carbocycles. The highest BCUT2D eigenvalue weighted by Crippen LogP contribution is 2.43. The van der Waals surface area contributed by atoms with Crippen molar-refractivity contribution in [3.8, 4) is 0 Å². The maximum absolute atomic E-state index is 11.1. The summed E-state index contributed by atoms with van der Waals surface area (Å²) in [4.78, 5) is 28.9. The second-order valence-electron chi connectivity index (χ2n) is 3.29. The van der Waals surface area contributed by atoms with Crippen molar-refractivity contribution in [1.29, 1.82) is 0 Å². The van der Waals surface area contributed by atoms with Gasteiger partial charge in [-0.25, -0.2) is 0 Å². The molecule has 0 bridgehead atoms. The van der Waals surface area contributed by atoms with E-state index in [2.05, 4.69) is 5.32 Å². The van der Waals surface area contributed by atoms with Gasteiger partial charge in [0.15, 0.2) is 0 Å². The Balaban J connectivity index is 4.56. The molecule has 0 radical (unpaired) electrons. The minimum atomic E-state index is -4.28. The Morgan fingerprint density at radius 2 is 1.93 bits per heavy atom. The Bertz CT molecular complexity index is 269. The van der Waals surface area contributed by atoms with E-state index in [0.717, 1.165) is 0 Å². The largest absolute Gasteiger partial charge is 0.347 e. The van der Waals surface area contributed by atoms with Crippen LogP contribution in [0.1, 0.15) is 20.8 Å². The van der Waals surface area contributed by atoms with Crippen LogP contribution in [-0.2, 0) is 9.36 Å². The fourth-order valence-corrected chi connectivity index (χ4v) is 2.06. The lowest BCUT2D eigenvalue weighted by molar-refractivity contribution is -0.117. The minimum absolute atomic E-state index is 0.315. The van der Waals surface area contributed by atoms with E-state index in [1.54, 1.807) is 20.8 Å². The van der Waals surface area contributed by atoms with Crippen molar-refractivity contribution < 1.29 is 19.1 Å². The maximum atomic E-state index is 11.1. The third kappa shape index (κ3) is 4.56. The molecule has 0 aliphatic heterocycles. The quantitative estimate of drug-likeness (QED) is 0.485. The van der Waals surface area contributed by atoms with Gasteiger partial charge < -0.3 is 15.1 Å². The predicted octanol–water partition coefficient (Wildman–Crippen LogP) is 0.838. The number of carbonyl (C=O) groups is 1. The van der Waals surface area contributed by atoms with E-state index in [9.17, 15) is 9.36 Å². The third-order valence-corrected chi connectivity index (χ3v) is 3.05. The Kier molecular flexibility index (Phi) is 5.05. The summed E-state index contributed by atoms with van der Waals surface area (Å²) in [5.41, 5.74) is 0. The minimum Gasteiger partial charge on any atom is -0.338 e. The number of carbonyl (C=O) groups excluding carboxylic acids is 1. The van der Waals surface area contributed by atoms with Crippen LogP contribution in [0.2, 0.25) is 0 Å². The summed E-state index contributed by atoms with van der Waals surface area (Å²) < 4.78 is 11.0. The average molecular weight is 221 g/mol. The number of amides is 1. The molecule has 0 saturated carbocycles. The first-order chi connectivity index (χ1) is 6.29. The van der Waals surface area contributed by atoms with Crippen molar-refractivity contribution in [2.24, 2.45) is 5.92 Å². The van der Waals surface area contributed by atoms with Crippen molar-refractivity contribution in [1.82, 2.24) is 5.32 Å². The van der Waals surface area contributed by atoms with Crippen LogP contribution in [0.5, 0.6) is 0 Å². The Morgan fingerprint density at radius 3 is 2.21 bits per heavy atom. The summed E-state index contributed by atoms with van der Waals surface area (Å²) in [6, 6.07) is 0. The Hall–Kier alpha value is -0.640. The molecular formula is C8H16NO4P. The molecule has 14 heavy (non-hydrogen) atoms. The molecule has 0 aromatic heterocycles. The van der Waals surface area contributed by atoms with E-state index in [-0.39, 0.29) is 5.92 Å². The van der Waals surface area contributed by atoms with Crippen LogP contribution in [0.4, 0.5) is 0 Å². The normalized spacial score (nSPS) is 14.7. The number of nitrogens with one attached hydrogen (secondary N) is 1. The predicted molar refractivity (Wildman–Crippen MR) is 53.6 cm³/mol. The van der Waals surface area contributed by atoms with Gasteiger partial charge in [0.2, 0.25) is 5.91 Å². The van der Waals surface area contributed by atoms with E-state index in [1.807, 2.05) is 0 Å². The molecule has 82 valence electrons. The molecule has 0 spiro atoms. The van der Waals surface area contributed by atoms with E-state index >= 15 is 0 Å². The summed E-state index contributed by atoms with van der Waals surface area (Å²) in [5, 5.41) is 2.27. The summed E-state index contributed by atoms with van der Waals surface area (Å²) in [5.74, 6) is -1.93. The molecule has 1 amide bonds. The monoisotopic (exact) mass is 221 g/mol. The average Bonchev–Trinajstić information content (AvgIpc) is 1.98. The lowest BCUT2D eigenvalue weighted by atomic mass is 10.2. The summed E-state index contributed by atoms with van der Waals surface area (Å²) in [6.07, 6.45) is 2.73. The zero-order chi connectivity index (χ0) is 11.4. The van der Waals surface area contributed by atoms with Gasteiger partial charge in [-0.2, -0.15) is 0 Å². The molecule has 0 aliphatic rings. The van der Waals surface area contributed by atoms with Crippen molar-refractivity contribution in [3.63, 3.8) is 0 Å². The van der Waals surface area contributed by atoms with Gasteiger partial charge in [-0.15, -0.1) is 0 Å². The molecule has 0 aromatic rings. The molecule has 0 heterocycles. The zero-order valence-electron chi connectivity index (χ0n) is 8.47. The zero-order valence-corrected chi connectivity index (χ0v) is 9.36. The molecular weight excluding hydrogens is 205 g/mol. The van der Waals surface area contributed by atoms with Crippen LogP contribution in [0, 0.1) is 5.92 Å². The summed E-state index contributed by atoms with van der Waals surface area (Å²) >= 11 is 0. The first kappa shape index (κ1) is 13.4. The molecule has 5 nitrogen and oxygen atoms in total. The molecule has 6 heteroatoms. The third-order valence-electron chi connectivity index (χ3n) is 1.60. The van der Waals surface area contributed by atoms with Crippen LogP contribution < -0.4 is 5.32 Å². The van der Waals surface area contributed by atoms with Gasteiger partial charge >= 0.3 is 7.60 Å². The first-order valence-electron chi connectivity index (χ1n) is 4.27. The number of allylic oxidation sites excluding steroid dienone is 1. The van der Waals surface area contributed by atoms with Gasteiger partial charge in [0.05, 0.1) is 0 Å². The fraction of sp³-hybridized carbons (Fsp3) is 0.625. The highest BCUT2D eigenvalue weighted by molar-refractivity contribution is 7.52. The number of hydrogen-bond acceptors (Lipinski definition) is 2. The van der Waals surface area contributed by atoms with Crippen LogP contribution in [0.15, 0.2) is 12.2 Å². The highest BCUT2D eigenvalue weighted by atomic mass is 31.2. The van der Waals surface area contributed by atoms with Crippen molar-refractivity contribution in [2.45, 2.75) is 26.6 Å². The summed E-state index contributed by atoms with van der Waals surface area (Å²) in [7, 11) is -4.28. The maximum Gasteiger partial charge on any atom is 0.347 e. The van der Waals surface area contributed by atoms with Gasteiger partial charge in [-0.05, 0) is 18.9 Å². The molecule has 0 rings (SSSR count). The van der Waals surface area contributed by atoms with Crippen molar-refractivity contribution >= 4 is 13.5 Å². The van der Waals surface area contributed by atoms with Crippen molar-refractivity contribution in [3.05, 3.63) is 12.2 Å².